The number of nitrogens with two attached hydrogens (primary N) is 1. The number of carbonyl (C=O) groups excluding carboxylic acids is 2. The monoisotopic (exact) mass is 275 g/mol. The van der Waals surface area contributed by atoms with E-state index in [1.54, 1.807) is 4.90 Å². The summed E-state index contributed by atoms with van der Waals surface area (Å²) in [5.41, 5.74) is 7.14. The first-order valence-corrected chi connectivity index (χ1v) is 6.95. The fourth-order valence-corrected chi connectivity index (χ4v) is 2.47. The molecule has 0 aromatic heterocycles. The summed E-state index contributed by atoms with van der Waals surface area (Å²) in [5, 5.41) is 3.20. The summed E-state index contributed by atoms with van der Waals surface area (Å²) in [6.07, 6.45) is 1.03. The maximum absolute atomic E-state index is 12.6. The minimum absolute atomic E-state index is 0.0108. The van der Waals surface area contributed by atoms with Gasteiger partial charge in [-0.05, 0) is 37.6 Å². The zero-order valence-electron chi connectivity index (χ0n) is 11.8. The molecule has 0 bridgehead atoms. The minimum atomic E-state index is -0.389. The van der Waals surface area contributed by atoms with Crippen LogP contribution in [0.25, 0.3) is 0 Å². The molecule has 1 aromatic rings. The Morgan fingerprint density at radius 2 is 2.25 bits per heavy atom. The van der Waals surface area contributed by atoms with Gasteiger partial charge < -0.3 is 16.0 Å². The number of hydrogen-bond donors (Lipinski definition) is 2. The van der Waals surface area contributed by atoms with Crippen molar-refractivity contribution in [3.63, 3.8) is 0 Å². The number of anilines is 1. The SMILES string of the molecule is Cc1cccc(N(CCC(N)=O)C(=O)C2CCNC2)c1. The van der Waals surface area contributed by atoms with E-state index in [1.165, 1.54) is 0 Å². The van der Waals surface area contributed by atoms with E-state index in [0.29, 0.717) is 13.1 Å². The molecule has 1 fully saturated rings. The molecule has 0 spiro atoms. The van der Waals surface area contributed by atoms with Crippen molar-refractivity contribution in [1.82, 2.24) is 5.32 Å². The quantitative estimate of drug-likeness (QED) is 0.835. The van der Waals surface area contributed by atoms with Crippen LogP contribution in [-0.4, -0.2) is 31.4 Å². The molecule has 0 aliphatic carbocycles. The van der Waals surface area contributed by atoms with Gasteiger partial charge in [0, 0.05) is 25.2 Å². The maximum atomic E-state index is 12.6. The Hall–Kier alpha value is -1.88. The second kappa shape index (κ2) is 6.52. The first kappa shape index (κ1) is 14.5. The Bertz CT molecular complexity index is 496. The van der Waals surface area contributed by atoms with Gasteiger partial charge in [-0.25, -0.2) is 0 Å². The number of aryl methyl sites for hydroxylation is 1. The molecule has 1 heterocycles. The molecule has 20 heavy (non-hydrogen) atoms. The Labute approximate surface area is 119 Å². The molecule has 1 aliphatic rings. The Kier molecular flexibility index (Phi) is 4.74. The molecule has 1 saturated heterocycles. The Balaban J connectivity index is 2.19. The number of primary amides is 1. The molecule has 5 heteroatoms. The first-order valence-electron chi connectivity index (χ1n) is 6.95. The van der Waals surface area contributed by atoms with Gasteiger partial charge >= 0.3 is 0 Å². The molecule has 0 radical (unpaired) electrons. The van der Waals surface area contributed by atoms with Gasteiger partial charge in [0.2, 0.25) is 11.8 Å². The van der Waals surface area contributed by atoms with Crippen molar-refractivity contribution in [2.24, 2.45) is 11.7 Å². The van der Waals surface area contributed by atoms with Gasteiger partial charge in [-0.2, -0.15) is 0 Å². The standard InChI is InChI=1S/C15H21N3O2/c1-11-3-2-4-13(9-11)18(8-6-14(16)19)15(20)12-5-7-17-10-12/h2-4,9,12,17H,5-8,10H2,1H3,(H2,16,19). The fraction of sp³-hybridized carbons (Fsp3) is 0.467. The van der Waals surface area contributed by atoms with Crippen molar-refractivity contribution in [3.05, 3.63) is 29.8 Å². The third-order valence-corrected chi connectivity index (χ3v) is 3.57. The number of benzene rings is 1. The van der Waals surface area contributed by atoms with Crippen LogP contribution < -0.4 is 16.0 Å². The zero-order chi connectivity index (χ0) is 14.5. The number of carbonyl (C=O) groups is 2. The fourth-order valence-electron chi connectivity index (χ4n) is 2.47. The van der Waals surface area contributed by atoms with E-state index >= 15 is 0 Å². The summed E-state index contributed by atoms with van der Waals surface area (Å²) in [4.78, 5) is 25.3. The lowest BCUT2D eigenvalue weighted by Gasteiger charge is -2.25. The van der Waals surface area contributed by atoms with Crippen molar-refractivity contribution < 1.29 is 9.59 Å². The van der Waals surface area contributed by atoms with Crippen LogP contribution >= 0.6 is 0 Å². The van der Waals surface area contributed by atoms with Crippen molar-refractivity contribution >= 4 is 17.5 Å². The summed E-state index contributed by atoms with van der Waals surface area (Å²) >= 11 is 0. The molecular weight excluding hydrogens is 254 g/mol. The van der Waals surface area contributed by atoms with E-state index in [4.69, 9.17) is 5.73 Å². The van der Waals surface area contributed by atoms with E-state index in [2.05, 4.69) is 5.32 Å². The molecule has 1 aromatic carbocycles. The molecule has 1 atom stereocenters. The van der Waals surface area contributed by atoms with Crippen LogP contribution in [0.5, 0.6) is 0 Å². The number of amides is 2. The lowest BCUT2D eigenvalue weighted by Crippen LogP contribution is -2.39. The average Bonchev–Trinajstić information content (AvgIpc) is 2.92. The topological polar surface area (TPSA) is 75.4 Å². The molecule has 0 saturated carbocycles. The van der Waals surface area contributed by atoms with Crippen LogP contribution in [0.3, 0.4) is 0 Å². The first-order chi connectivity index (χ1) is 9.58. The number of rotatable bonds is 5. The number of hydrogen-bond acceptors (Lipinski definition) is 3. The van der Waals surface area contributed by atoms with Crippen LogP contribution in [0, 0.1) is 12.8 Å². The lowest BCUT2D eigenvalue weighted by atomic mass is 10.1. The second-order valence-electron chi connectivity index (χ2n) is 5.23. The van der Waals surface area contributed by atoms with Crippen LogP contribution in [-0.2, 0) is 9.59 Å². The maximum Gasteiger partial charge on any atom is 0.231 e. The summed E-state index contributed by atoms with van der Waals surface area (Å²) < 4.78 is 0. The summed E-state index contributed by atoms with van der Waals surface area (Å²) in [6.45, 7) is 3.90. The van der Waals surface area contributed by atoms with Gasteiger partial charge in [-0.3, -0.25) is 9.59 Å². The number of nitrogens with zero attached hydrogens (tertiary/aromatic N) is 1. The largest absolute Gasteiger partial charge is 0.370 e. The van der Waals surface area contributed by atoms with Gasteiger partial charge in [0.25, 0.3) is 0 Å². The van der Waals surface area contributed by atoms with Gasteiger partial charge in [0.1, 0.15) is 0 Å². The van der Waals surface area contributed by atoms with Crippen LogP contribution in [0.15, 0.2) is 24.3 Å². The van der Waals surface area contributed by atoms with E-state index in [1.807, 2.05) is 31.2 Å². The highest BCUT2D eigenvalue weighted by atomic mass is 16.2. The molecule has 2 rings (SSSR count). The predicted molar refractivity (Wildman–Crippen MR) is 78.3 cm³/mol. The summed E-state index contributed by atoms with van der Waals surface area (Å²) in [6, 6.07) is 7.76. The van der Waals surface area contributed by atoms with Gasteiger partial charge in [-0.1, -0.05) is 12.1 Å². The zero-order valence-corrected chi connectivity index (χ0v) is 11.8. The van der Waals surface area contributed by atoms with Crippen molar-refractivity contribution in [3.8, 4) is 0 Å². The van der Waals surface area contributed by atoms with E-state index in [-0.39, 0.29) is 24.2 Å². The van der Waals surface area contributed by atoms with Crippen molar-refractivity contribution in [1.29, 1.82) is 0 Å². The molecule has 5 nitrogen and oxygen atoms in total. The van der Waals surface area contributed by atoms with Gasteiger partial charge in [-0.15, -0.1) is 0 Å². The summed E-state index contributed by atoms with van der Waals surface area (Å²) in [5.74, 6) is -0.328. The highest BCUT2D eigenvalue weighted by Gasteiger charge is 2.28. The third kappa shape index (κ3) is 3.57. The normalized spacial score (nSPS) is 17.9. The smallest absolute Gasteiger partial charge is 0.231 e. The van der Waals surface area contributed by atoms with E-state index in [9.17, 15) is 9.59 Å². The van der Waals surface area contributed by atoms with Crippen LogP contribution in [0.1, 0.15) is 18.4 Å². The van der Waals surface area contributed by atoms with E-state index < -0.39 is 0 Å². The third-order valence-electron chi connectivity index (χ3n) is 3.57. The molecule has 3 N–H and O–H groups in total. The minimum Gasteiger partial charge on any atom is -0.370 e. The molecule has 2 amide bonds. The average molecular weight is 275 g/mol. The molecule has 108 valence electrons. The predicted octanol–water partition coefficient (Wildman–Crippen LogP) is 0.813. The number of nitrogens with one attached hydrogen (secondary N) is 1. The molecular formula is C15H21N3O2. The Morgan fingerprint density at radius 3 is 2.85 bits per heavy atom. The lowest BCUT2D eigenvalue weighted by molar-refractivity contribution is -0.122. The van der Waals surface area contributed by atoms with Gasteiger partial charge in [0.05, 0.1) is 5.92 Å². The van der Waals surface area contributed by atoms with Crippen LogP contribution in [0.2, 0.25) is 0 Å². The molecule has 1 aliphatic heterocycles. The Morgan fingerprint density at radius 1 is 1.45 bits per heavy atom. The van der Waals surface area contributed by atoms with E-state index in [0.717, 1.165) is 24.2 Å². The second-order valence-corrected chi connectivity index (χ2v) is 5.23. The van der Waals surface area contributed by atoms with Crippen LogP contribution in [0.4, 0.5) is 5.69 Å². The van der Waals surface area contributed by atoms with Crippen molar-refractivity contribution in [2.75, 3.05) is 24.5 Å². The molecule has 1 unspecified atom stereocenters. The highest BCUT2D eigenvalue weighted by molar-refractivity contribution is 5.96. The summed E-state index contributed by atoms with van der Waals surface area (Å²) in [7, 11) is 0. The highest BCUT2D eigenvalue weighted by Crippen LogP contribution is 2.21. The van der Waals surface area contributed by atoms with Gasteiger partial charge in [0.15, 0.2) is 0 Å². The van der Waals surface area contributed by atoms with Crippen molar-refractivity contribution in [2.45, 2.75) is 19.8 Å².